The lowest BCUT2D eigenvalue weighted by atomic mass is 9.95. The van der Waals surface area contributed by atoms with Gasteiger partial charge in [0.15, 0.2) is 0 Å². The van der Waals surface area contributed by atoms with Gasteiger partial charge >= 0.3 is 6.18 Å². The molecule has 0 bridgehead atoms. The van der Waals surface area contributed by atoms with Crippen LogP contribution in [0.5, 0.6) is 0 Å². The molecule has 0 saturated carbocycles. The third-order valence-corrected chi connectivity index (χ3v) is 3.35. The van der Waals surface area contributed by atoms with E-state index in [4.69, 9.17) is 0 Å². The van der Waals surface area contributed by atoms with E-state index in [2.05, 4.69) is 15.5 Å². The Morgan fingerprint density at radius 3 is 2.17 bits per heavy atom. The van der Waals surface area contributed by atoms with E-state index >= 15 is 0 Å². The summed E-state index contributed by atoms with van der Waals surface area (Å²) in [5, 5.41) is 9.63. The van der Waals surface area contributed by atoms with E-state index < -0.39 is 17.2 Å². The van der Waals surface area contributed by atoms with Crippen molar-refractivity contribution in [2.24, 2.45) is 5.41 Å². The first-order valence-electron chi connectivity index (χ1n) is 7.04. The highest BCUT2D eigenvalue weighted by Gasteiger charge is 2.30. The van der Waals surface area contributed by atoms with Gasteiger partial charge in [0.25, 0.3) is 0 Å². The molecule has 1 amide bonds. The Bertz CT molecular complexity index is 710. The Morgan fingerprint density at radius 2 is 1.70 bits per heavy atom. The number of aryl methyl sites for hydroxylation is 1. The van der Waals surface area contributed by atoms with Crippen LogP contribution in [0.2, 0.25) is 0 Å². The minimum Gasteiger partial charge on any atom is -0.322 e. The number of halogens is 3. The molecule has 0 unspecified atom stereocenters. The molecule has 0 aliphatic carbocycles. The molecule has 0 fully saturated rings. The maximum Gasteiger partial charge on any atom is 0.416 e. The van der Waals surface area contributed by atoms with Gasteiger partial charge in [-0.05, 0) is 19.1 Å². The highest BCUT2D eigenvalue weighted by Crippen LogP contribution is 2.33. The number of alkyl halides is 3. The first-order valence-corrected chi connectivity index (χ1v) is 7.04. The molecule has 2 aromatic rings. The lowest BCUT2D eigenvalue weighted by Gasteiger charge is -2.18. The first-order chi connectivity index (χ1) is 10.5. The van der Waals surface area contributed by atoms with Crippen LogP contribution in [0.25, 0.3) is 11.3 Å². The van der Waals surface area contributed by atoms with Gasteiger partial charge < -0.3 is 5.32 Å². The average molecular weight is 325 g/mol. The molecule has 7 heteroatoms. The van der Waals surface area contributed by atoms with Crippen LogP contribution in [0.15, 0.2) is 24.3 Å². The molecule has 1 aromatic carbocycles. The third kappa shape index (κ3) is 3.72. The molecule has 2 N–H and O–H groups in total. The SMILES string of the molecule is Cc1[nH]nc(-c2ccc(C(F)(F)F)cc2)c1NC(=O)C(C)(C)C. The van der Waals surface area contributed by atoms with E-state index in [1.807, 2.05) is 0 Å². The summed E-state index contributed by atoms with van der Waals surface area (Å²) in [6.45, 7) is 7.06. The highest BCUT2D eigenvalue weighted by atomic mass is 19.4. The summed E-state index contributed by atoms with van der Waals surface area (Å²) in [5.74, 6) is -0.199. The Hall–Kier alpha value is -2.31. The molecule has 2 rings (SSSR count). The molecule has 0 atom stereocenters. The number of carbonyl (C=O) groups is 1. The van der Waals surface area contributed by atoms with Crippen LogP contribution in [0.4, 0.5) is 18.9 Å². The lowest BCUT2D eigenvalue weighted by Crippen LogP contribution is -2.28. The number of amides is 1. The van der Waals surface area contributed by atoms with E-state index in [0.29, 0.717) is 22.6 Å². The number of carbonyl (C=O) groups excluding carboxylic acids is 1. The number of aromatic nitrogens is 2. The van der Waals surface area contributed by atoms with Crippen molar-refractivity contribution in [3.05, 3.63) is 35.5 Å². The Balaban J connectivity index is 2.36. The number of hydrogen-bond acceptors (Lipinski definition) is 2. The Morgan fingerprint density at radius 1 is 1.13 bits per heavy atom. The van der Waals surface area contributed by atoms with E-state index in [0.717, 1.165) is 12.1 Å². The Kier molecular flexibility index (Phi) is 4.24. The van der Waals surface area contributed by atoms with Crippen molar-refractivity contribution >= 4 is 11.6 Å². The summed E-state index contributed by atoms with van der Waals surface area (Å²) >= 11 is 0. The van der Waals surface area contributed by atoms with Gasteiger partial charge in [-0.3, -0.25) is 9.89 Å². The average Bonchev–Trinajstić information content (AvgIpc) is 2.78. The molecule has 0 radical (unpaired) electrons. The van der Waals surface area contributed by atoms with E-state index in [9.17, 15) is 18.0 Å². The molecule has 0 aliphatic heterocycles. The standard InChI is InChI=1S/C16H18F3N3O/c1-9-12(20-14(23)15(2,3)4)13(22-21-9)10-5-7-11(8-6-10)16(17,18)19/h5-8H,1-4H3,(H,20,23)(H,21,22). The number of benzene rings is 1. The third-order valence-electron chi connectivity index (χ3n) is 3.35. The second-order valence-electron chi connectivity index (χ2n) is 6.35. The predicted octanol–water partition coefficient (Wildman–Crippen LogP) is 4.39. The van der Waals surface area contributed by atoms with Crippen LogP contribution in [0.1, 0.15) is 32.0 Å². The van der Waals surface area contributed by atoms with Gasteiger partial charge in [-0.2, -0.15) is 18.3 Å². The number of anilines is 1. The normalized spacial score (nSPS) is 12.3. The minimum absolute atomic E-state index is 0.199. The fourth-order valence-electron chi connectivity index (χ4n) is 1.91. The van der Waals surface area contributed by atoms with Crippen LogP contribution in [-0.4, -0.2) is 16.1 Å². The van der Waals surface area contributed by atoms with Gasteiger partial charge in [-0.25, -0.2) is 0 Å². The van der Waals surface area contributed by atoms with Crippen molar-refractivity contribution in [3.8, 4) is 11.3 Å². The van der Waals surface area contributed by atoms with Crippen molar-refractivity contribution in [3.63, 3.8) is 0 Å². The van der Waals surface area contributed by atoms with E-state index in [-0.39, 0.29) is 5.91 Å². The number of rotatable bonds is 2. The maximum absolute atomic E-state index is 12.6. The molecule has 0 saturated heterocycles. The van der Waals surface area contributed by atoms with Crippen molar-refractivity contribution < 1.29 is 18.0 Å². The smallest absolute Gasteiger partial charge is 0.322 e. The number of nitrogens with one attached hydrogen (secondary N) is 2. The summed E-state index contributed by atoms with van der Waals surface area (Å²) in [4.78, 5) is 12.2. The molecule has 1 heterocycles. The summed E-state index contributed by atoms with van der Waals surface area (Å²) in [5.41, 5.74) is 0.692. The minimum atomic E-state index is -4.39. The zero-order chi connectivity index (χ0) is 17.4. The van der Waals surface area contributed by atoms with Gasteiger partial charge in [0.2, 0.25) is 5.91 Å². The molecule has 0 aliphatic rings. The van der Waals surface area contributed by atoms with Crippen LogP contribution < -0.4 is 5.32 Å². The van der Waals surface area contributed by atoms with Crippen LogP contribution in [-0.2, 0) is 11.0 Å². The van der Waals surface area contributed by atoms with Crippen LogP contribution in [0.3, 0.4) is 0 Å². The topological polar surface area (TPSA) is 57.8 Å². The second kappa shape index (κ2) is 5.72. The quantitative estimate of drug-likeness (QED) is 0.860. The highest BCUT2D eigenvalue weighted by molar-refractivity contribution is 5.98. The lowest BCUT2D eigenvalue weighted by molar-refractivity contribution is -0.137. The fourth-order valence-corrected chi connectivity index (χ4v) is 1.91. The van der Waals surface area contributed by atoms with E-state index in [1.54, 1.807) is 27.7 Å². The van der Waals surface area contributed by atoms with Crippen LogP contribution in [0, 0.1) is 12.3 Å². The summed E-state index contributed by atoms with van der Waals surface area (Å²) < 4.78 is 37.9. The summed E-state index contributed by atoms with van der Waals surface area (Å²) in [7, 11) is 0. The Labute approximate surface area is 132 Å². The summed E-state index contributed by atoms with van der Waals surface area (Å²) in [6.07, 6.45) is -4.39. The van der Waals surface area contributed by atoms with Gasteiger partial charge in [0.1, 0.15) is 5.69 Å². The molecule has 23 heavy (non-hydrogen) atoms. The molecule has 124 valence electrons. The van der Waals surface area contributed by atoms with Gasteiger partial charge in [-0.1, -0.05) is 32.9 Å². The van der Waals surface area contributed by atoms with E-state index in [1.165, 1.54) is 12.1 Å². The van der Waals surface area contributed by atoms with Crippen molar-refractivity contribution in [1.82, 2.24) is 10.2 Å². The molecule has 1 aromatic heterocycles. The fraction of sp³-hybridized carbons (Fsp3) is 0.375. The van der Waals surface area contributed by atoms with Crippen molar-refractivity contribution in [2.75, 3.05) is 5.32 Å². The first kappa shape index (κ1) is 17.1. The molecular weight excluding hydrogens is 307 g/mol. The van der Waals surface area contributed by atoms with Gasteiger partial charge in [0.05, 0.1) is 16.9 Å². The number of H-pyrrole nitrogens is 1. The number of nitrogens with zero attached hydrogens (tertiary/aromatic N) is 1. The monoisotopic (exact) mass is 325 g/mol. The maximum atomic E-state index is 12.6. The zero-order valence-corrected chi connectivity index (χ0v) is 13.3. The second-order valence-corrected chi connectivity index (χ2v) is 6.35. The van der Waals surface area contributed by atoms with Crippen LogP contribution >= 0.6 is 0 Å². The predicted molar refractivity (Wildman–Crippen MR) is 81.8 cm³/mol. The zero-order valence-electron chi connectivity index (χ0n) is 13.3. The largest absolute Gasteiger partial charge is 0.416 e. The van der Waals surface area contributed by atoms with Crippen molar-refractivity contribution in [2.45, 2.75) is 33.9 Å². The van der Waals surface area contributed by atoms with Gasteiger partial charge in [0, 0.05) is 11.0 Å². The molecule has 4 nitrogen and oxygen atoms in total. The van der Waals surface area contributed by atoms with Gasteiger partial charge in [-0.15, -0.1) is 0 Å². The molecule has 0 spiro atoms. The molecular formula is C16H18F3N3O. The number of aromatic amines is 1. The number of hydrogen-bond donors (Lipinski definition) is 2. The van der Waals surface area contributed by atoms with Crippen molar-refractivity contribution in [1.29, 1.82) is 0 Å². The summed E-state index contributed by atoms with van der Waals surface area (Å²) in [6, 6.07) is 4.67.